The Balaban J connectivity index is 1.88. The molecule has 24 heavy (non-hydrogen) atoms. The van der Waals surface area contributed by atoms with E-state index in [-0.39, 0.29) is 10.9 Å². The molecule has 1 aromatic rings. The van der Waals surface area contributed by atoms with Crippen molar-refractivity contribution in [2.75, 3.05) is 19.7 Å². The molecule has 1 heterocycles. The SMILES string of the molecule is NCC1CCCCN1S(=O)(=O)c1cc(Cl)ccc1OCC1CCC1. The van der Waals surface area contributed by atoms with Crippen molar-refractivity contribution in [1.29, 1.82) is 0 Å². The third-order valence-electron chi connectivity index (χ3n) is 5.04. The van der Waals surface area contributed by atoms with Crippen molar-refractivity contribution in [1.82, 2.24) is 4.31 Å². The number of benzene rings is 1. The molecule has 1 aliphatic heterocycles. The molecule has 1 saturated carbocycles. The highest BCUT2D eigenvalue weighted by atomic mass is 35.5. The number of piperidine rings is 1. The van der Waals surface area contributed by atoms with Crippen molar-refractivity contribution < 1.29 is 13.2 Å². The number of sulfonamides is 1. The number of halogens is 1. The number of nitrogens with zero attached hydrogens (tertiary/aromatic N) is 1. The summed E-state index contributed by atoms with van der Waals surface area (Å²) in [6, 6.07) is 4.68. The summed E-state index contributed by atoms with van der Waals surface area (Å²) in [4.78, 5) is 0.162. The van der Waals surface area contributed by atoms with E-state index in [4.69, 9.17) is 22.1 Å². The van der Waals surface area contributed by atoms with E-state index in [0.717, 1.165) is 32.1 Å². The molecule has 5 nitrogen and oxygen atoms in total. The fraction of sp³-hybridized carbons (Fsp3) is 0.647. The van der Waals surface area contributed by atoms with Crippen molar-refractivity contribution in [3.8, 4) is 5.75 Å². The molecule has 1 unspecified atom stereocenters. The molecule has 2 N–H and O–H groups in total. The molecule has 0 amide bonds. The Morgan fingerprint density at radius 2 is 2.00 bits per heavy atom. The lowest BCUT2D eigenvalue weighted by atomic mass is 9.86. The molecule has 2 aliphatic rings. The van der Waals surface area contributed by atoms with Crippen LogP contribution in [-0.2, 0) is 10.0 Å². The van der Waals surface area contributed by atoms with Gasteiger partial charge in [0.05, 0.1) is 6.61 Å². The first kappa shape index (κ1) is 18.0. The smallest absolute Gasteiger partial charge is 0.247 e. The molecule has 3 rings (SSSR count). The molecule has 134 valence electrons. The van der Waals surface area contributed by atoms with Crippen molar-refractivity contribution in [2.24, 2.45) is 11.7 Å². The van der Waals surface area contributed by atoms with Gasteiger partial charge in [0.25, 0.3) is 0 Å². The second-order valence-electron chi connectivity index (χ2n) is 6.70. The predicted molar refractivity (Wildman–Crippen MR) is 94.9 cm³/mol. The monoisotopic (exact) mass is 372 g/mol. The van der Waals surface area contributed by atoms with Crippen LogP contribution in [0.3, 0.4) is 0 Å². The van der Waals surface area contributed by atoms with Crippen LogP contribution >= 0.6 is 11.6 Å². The van der Waals surface area contributed by atoms with Gasteiger partial charge in [-0.1, -0.05) is 24.4 Å². The summed E-state index contributed by atoms with van der Waals surface area (Å²) < 4.78 is 33.8. The molecule has 0 radical (unpaired) electrons. The van der Waals surface area contributed by atoms with Gasteiger partial charge in [0.1, 0.15) is 10.6 Å². The maximum Gasteiger partial charge on any atom is 0.247 e. The first-order chi connectivity index (χ1) is 11.5. The standard InChI is InChI=1S/C17H25ClN2O3S/c18-14-7-8-16(23-12-13-4-3-5-13)17(10-14)24(21,22)20-9-2-1-6-15(20)11-19/h7-8,10,13,15H,1-6,9,11-12,19H2. The quantitative estimate of drug-likeness (QED) is 0.833. The lowest BCUT2D eigenvalue weighted by Gasteiger charge is -2.34. The second-order valence-corrected chi connectivity index (χ2v) is 9.00. The first-order valence-electron chi connectivity index (χ1n) is 8.66. The number of ether oxygens (including phenoxy) is 1. The van der Waals surface area contributed by atoms with Crippen LogP contribution in [0, 0.1) is 5.92 Å². The Morgan fingerprint density at radius 3 is 2.67 bits per heavy atom. The zero-order chi connectivity index (χ0) is 17.2. The van der Waals surface area contributed by atoms with Crippen molar-refractivity contribution >= 4 is 21.6 Å². The molecule has 2 fully saturated rings. The number of nitrogens with two attached hydrogens (primary N) is 1. The Morgan fingerprint density at radius 1 is 1.21 bits per heavy atom. The fourth-order valence-corrected chi connectivity index (χ4v) is 5.42. The Kier molecular flexibility index (Phi) is 5.70. The normalized spacial score (nSPS) is 23.0. The maximum atomic E-state index is 13.2. The lowest BCUT2D eigenvalue weighted by Crippen LogP contribution is -2.47. The van der Waals surface area contributed by atoms with E-state index in [1.807, 2.05) is 0 Å². The van der Waals surface area contributed by atoms with Crippen LogP contribution in [0.5, 0.6) is 5.75 Å². The van der Waals surface area contributed by atoms with Crippen molar-refractivity contribution in [3.05, 3.63) is 23.2 Å². The van der Waals surface area contributed by atoms with Gasteiger partial charge in [0, 0.05) is 24.2 Å². The van der Waals surface area contributed by atoms with Crippen LogP contribution in [0.4, 0.5) is 0 Å². The van der Waals surface area contributed by atoms with E-state index in [1.165, 1.54) is 16.8 Å². The van der Waals surface area contributed by atoms with Gasteiger partial charge in [0.15, 0.2) is 0 Å². The minimum Gasteiger partial charge on any atom is -0.492 e. The maximum absolute atomic E-state index is 13.2. The number of hydrogen-bond donors (Lipinski definition) is 1. The topological polar surface area (TPSA) is 72.6 Å². The van der Waals surface area contributed by atoms with Crippen molar-refractivity contribution in [3.63, 3.8) is 0 Å². The highest BCUT2D eigenvalue weighted by Crippen LogP contribution is 2.34. The van der Waals surface area contributed by atoms with Gasteiger partial charge in [-0.25, -0.2) is 8.42 Å². The van der Waals surface area contributed by atoms with Gasteiger partial charge >= 0.3 is 0 Å². The molecule has 1 aromatic carbocycles. The van der Waals surface area contributed by atoms with Crippen LogP contribution < -0.4 is 10.5 Å². The van der Waals surface area contributed by atoms with Gasteiger partial charge < -0.3 is 10.5 Å². The zero-order valence-electron chi connectivity index (χ0n) is 13.8. The first-order valence-corrected chi connectivity index (χ1v) is 10.5. The molecule has 0 aromatic heterocycles. The molecular formula is C17H25ClN2O3S. The second kappa shape index (κ2) is 7.60. The van der Waals surface area contributed by atoms with E-state index in [9.17, 15) is 8.42 Å². The molecule has 1 aliphatic carbocycles. The van der Waals surface area contributed by atoms with E-state index in [2.05, 4.69) is 0 Å². The third kappa shape index (κ3) is 3.72. The average molecular weight is 373 g/mol. The summed E-state index contributed by atoms with van der Waals surface area (Å²) in [5, 5.41) is 0.394. The minimum absolute atomic E-state index is 0.151. The summed E-state index contributed by atoms with van der Waals surface area (Å²) >= 11 is 6.07. The van der Waals surface area contributed by atoms with Gasteiger partial charge in [-0.15, -0.1) is 0 Å². The number of rotatable bonds is 6. The van der Waals surface area contributed by atoms with E-state index < -0.39 is 10.0 Å². The van der Waals surface area contributed by atoms with E-state index in [1.54, 1.807) is 12.1 Å². The summed E-state index contributed by atoms with van der Waals surface area (Å²) in [7, 11) is -3.67. The molecule has 0 bridgehead atoms. The highest BCUT2D eigenvalue weighted by Gasteiger charge is 2.35. The summed E-state index contributed by atoms with van der Waals surface area (Å²) in [6.45, 7) is 1.39. The summed E-state index contributed by atoms with van der Waals surface area (Å²) in [5.74, 6) is 0.927. The summed E-state index contributed by atoms with van der Waals surface area (Å²) in [5.41, 5.74) is 5.80. The minimum atomic E-state index is -3.67. The largest absolute Gasteiger partial charge is 0.492 e. The summed E-state index contributed by atoms with van der Waals surface area (Å²) in [6.07, 6.45) is 6.19. The van der Waals surface area contributed by atoms with E-state index >= 15 is 0 Å². The van der Waals surface area contributed by atoms with Crippen LogP contribution in [-0.4, -0.2) is 38.5 Å². The predicted octanol–water partition coefficient (Wildman–Crippen LogP) is 3.02. The van der Waals surface area contributed by atoms with E-state index in [0.29, 0.717) is 36.4 Å². The number of hydrogen-bond acceptors (Lipinski definition) is 4. The zero-order valence-corrected chi connectivity index (χ0v) is 15.4. The lowest BCUT2D eigenvalue weighted by molar-refractivity contribution is 0.177. The van der Waals surface area contributed by atoms with Crippen LogP contribution in [0.25, 0.3) is 0 Å². The Bertz CT molecular complexity index is 676. The highest BCUT2D eigenvalue weighted by molar-refractivity contribution is 7.89. The van der Waals surface area contributed by atoms with Gasteiger partial charge in [-0.2, -0.15) is 4.31 Å². The van der Waals surface area contributed by atoms with Gasteiger partial charge in [0.2, 0.25) is 10.0 Å². The molecular weight excluding hydrogens is 348 g/mol. The van der Waals surface area contributed by atoms with Gasteiger partial charge in [-0.05, 0) is 49.8 Å². The van der Waals surface area contributed by atoms with Crippen LogP contribution in [0.1, 0.15) is 38.5 Å². The van der Waals surface area contributed by atoms with Crippen LogP contribution in [0.15, 0.2) is 23.1 Å². The van der Waals surface area contributed by atoms with Crippen LogP contribution in [0.2, 0.25) is 5.02 Å². The molecule has 0 spiro atoms. The molecule has 1 atom stereocenters. The third-order valence-corrected chi connectivity index (χ3v) is 7.24. The van der Waals surface area contributed by atoms with Gasteiger partial charge in [-0.3, -0.25) is 0 Å². The Labute approximate surface area is 149 Å². The average Bonchev–Trinajstić information content (AvgIpc) is 2.54. The molecule has 1 saturated heterocycles. The molecule has 7 heteroatoms. The fourth-order valence-electron chi connectivity index (χ4n) is 3.32. The Hall–Kier alpha value is -0.820. The van der Waals surface area contributed by atoms with Crippen molar-refractivity contribution in [2.45, 2.75) is 49.5 Å².